The molecule has 0 unspecified atom stereocenters. The third kappa shape index (κ3) is 4.55. The van der Waals surface area contributed by atoms with E-state index in [4.69, 9.17) is 4.74 Å². The van der Waals surface area contributed by atoms with E-state index in [2.05, 4.69) is 56.2 Å². The first kappa shape index (κ1) is 16.0. The molecule has 0 fully saturated rings. The molecule has 0 aliphatic rings. The molecule has 2 aromatic rings. The van der Waals surface area contributed by atoms with Crippen molar-refractivity contribution in [1.29, 1.82) is 0 Å². The van der Waals surface area contributed by atoms with Crippen molar-refractivity contribution in [3.63, 3.8) is 0 Å². The quantitative estimate of drug-likeness (QED) is 0.870. The summed E-state index contributed by atoms with van der Waals surface area (Å²) in [6, 6.07) is 6.79. The zero-order valence-corrected chi connectivity index (χ0v) is 14.3. The molecule has 1 heterocycles. The van der Waals surface area contributed by atoms with Crippen LogP contribution in [0.1, 0.15) is 40.6 Å². The second kappa shape index (κ2) is 7.05. The molecule has 3 nitrogen and oxygen atoms in total. The Hall–Kier alpha value is -1.39. The summed E-state index contributed by atoms with van der Waals surface area (Å²) >= 11 is 1.71. The van der Waals surface area contributed by atoms with Crippen LogP contribution in [0.3, 0.4) is 0 Å². The summed E-state index contributed by atoms with van der Waals surface area (Å²) in [7, 11) is 0. The molecule has 4 heteroatoms. The van der Waals surface area contributed by atoms with Crippen LogP contribution in [0.5, 0.6) is 5.75 Å². The molecule has 1 aromatic carbocycles. The molecule has 0 aliphatic heterocycles. The molecule has 1 N–H and O–H groups in total. The Balaban J connectivity index is 2.07. The second-order valence-electron chi connectivity index (χ2n) is 5.68. The van der Waals surface area contributed by atoms with E-state index >= 15 is 0 Å². The molecule has 1 aromatic heterocycles. The summed E-state index contributed by atoms with van der Waals surface area (Å²) in [5, 5.41) is 4.48. The number of hydrogen-bond acceptors (Lipinski definition) is 4. The maximum Gasteiger partial charge on any atom is 0.140 e. The monoisotopic (exact) mass is 304 g/mol. The molecule has 0 saturated heterocycles. The van der Waals surface area contributed by atoms with Gasteiger partial charge in [0.1, 0.15) is 17.4 Å². The van der Waals surface area contributed by atoms with E-state index in [9.17, 15) is 0 Å². The van der Waals surface area contributed by atoms with Gasteiger partial charge in [-0.2, -0.15) is 0 Å². The number of aromatic nitrogens is 1. The number of rotatable bonds is 6. The zero-order chi connectivity index (χ0) is 15.4. The lowest BCUT2D eigenvalue weighted by atomic mass is 10.1. The predicted octanol–water partition coefficient (Wildman–Crippen LogP) is 4.15. The molecule has 0 bridgehead atoms. The maximum absolute atomic E-state index is 5.99. The minimum atomic E-state index is 0.461. The van der Waals surface area contributed by atoms with Crippen molar-refractivity contribution < 1.29 is 4.74 Å². The highest BCUT2D eigenvalue weighted by Crippen LogP contribution is 2.23. The van der Waals surface area contributed by atoms with Crippen LogP contribution in [0.15, 0.2) is 18.2 Å². The van der Waals surface area contributed by atoms with E-state index in [0.29, 0.717) is 12.6 Å². The summed E-state index contributed by atoms with van der Waals surface area (Å²) in [5.74, 6) is 0.944. The van der Waals surface area contributed by atoms with Crippen molar-refractivity contribution in [2.45, 2.75) is 53.8 Å². The SMILES string of the molecule is Cc1ccc(OCc2nc(C)c(C)s2)c(CNC(C)C)c1. The van der Waals surface area contributed by atoms with Crippen molar-refractivity contribution in [3.05, 3.63) is 44.9 Å². The van der Waals surface area contributed by atoms with Gasteiger partial charge in [-0.1, -0.05) is 31.5 Å². The smallest absolute Gasteiger partial charge is 0.140 e. The number of benzene rings is 1. The van der Waals surface area contributed by atoms with Crippen molar-refractivity contribution in [3.8, 4) is 5.75 Å². The Kier molecular flexibility index (Phi) is 5.37. The van der Waals surface area contributed by atoms with Gasteiger partial charge in [0.15, 0.2) is 0 Å². The van der Waals surface area contributed by atoms with Gasteiger partial charge in [0.25, 0.3) is 0 Å². The fourth-order valence-electron chi connectivity index (χ4n) is 2.04. The molecule has 0 amide bonds. The van der Waals surface area contributed by atoms with Gasteiger partial charge >= 0.3 is 0 Å². The van der Waals surface area contributed by atoms with E-state index in [1.165, 1.54) is 16.0 Å². The number of aryl methyl sites for hydroxylation is 3. The first-order valence-corrected chi connectivity index (χ1v) is 8.16. The van der Waals surface area contributed by atoms with E-state index in [1.807, 2.05) is 6.92 Å². The highest BCUT2D eigenvalue weighted by molar-refractivity contribution is 7.11. The van der Waals surface area contributed by atoms with Crippen molar-refractivity contribution in [2.24, 2.45) is 0 Å². The summed E-state index contributed by atoms with van der Waals surface area (Å²) in [6.45, 7) is 11.9. The molecule has 21 heavy (non-hydrogen) atoms. The molecule has 0 radical (unpaired) electrons. The van der Waals surface area contributed by atoms with Gasteiger partial charge in [-0.05, 0) is 26.8 Å². The maximum atomic E-state index is 5.99. The first-order chi connectivity index (χ1) is 9.95. The minimum Gasteiger partial charge on any atom is -0.486 e. The van der Waals surface area contributed by atoms with Gasteiger partial charge < -0.3 is 10.1 Å². The van der Waals surface area contributed by atoms with E-state index < -0.39 is 0 Å². The van der Waals surface area contributed by atoms with Crippen LogP contribution in [-0.4, -0.2) is 11.0 Å². The largest absolute Gasteiger partial charge is 0.486 e. The average Bonchev–Trinajstić information content (AvgIpc) is 2.74. The van der Waals surface area contributed by atoms with Gasteiger partial charge in [-0.25, -0.2) is 4.98 Å². The fraction of sp³-hybridized carbons (Fsp3) is 0.471. The lowest BCUT2D eigenvalue weighted by molar-refractivity contribution is 0.301. The van der Waals surface area contributed by atoms with Gasteiger partial charge in [-0.3, -0.25) is 0 Å². The molecule has 0 atom stereocenters. The Morgan fingerprint density at radius 2 is 2.00 bits per heavy atom. The fourth-order valence-corrected chi connectivity index (χ4v) is 2.89. The van der Waals surface area contributed by atoms with Gasteiger partial charge in [0, 0.05) is 23.0 Å². The van der Waals surface area contributed by atoms with Crippen LogP contribution in [0.25, 0.3) is 0 Å². The summed E-state index contributed by atoms with van der Waals surface area (Å²) in [4.78, 5) is 5.79. The first-order valence-electron chi connectivity index (χ1n) is 7.34. The third-order valence-electron chi connectivity index (χ3n) is 3.34. The van der Waals surface area contributed by atoms with Crippen LogP contribution in [0.4, 0.5) is 0 Å². The van der Waals surface area contributed by atoms with Gasteiger partial charge in [-0.15, -0.1) is 11.3 Å². The zero-order valence-electron chi connectivity index (χ0n) is 13.5. The summed E-state index contributed by atoms with van der Waals surface area (Å²) in [6.07, 6.45) is 0. The van der Waals surface area contributed by atoms with Crippen LogP contribution < -0.4 is 10.1 Å². The summed E-state index contributed by atoms with van der Waals surface area (Å²) < 4.78 is 5.99. The Morgan fingerprint density at radius 3 is 2.62 bits per heavy atom. The standard InChI is InChI=1S/C17H24N2OS/c1-11(2)18-9-15-8-12(3)6-7-16(15)20-10-17-19-13(4)14(5)21-17/h6-8,11,18H,9-10H2,1-5H3. The summed E-state index contributed by atoms with van der Waals surface area (Å²) in [5.41, 5.74) is 3.56. The lowest BCUT2D eigenvalue weighted by Gasteiger charge is -2.14. The van der Waals surface area contributed by atoms with Crippen LogP contribution in [0, 0.1) is 20.8 Å². The Morgan fingerprint density at radius 1 is 1.24 bits per heavy atom. The lowest BCUT2D eigenvalue weighted by Crippen LogP contribution is -2.22. The predicted molar refractivity (Wildman–Crippen MR) is 89.1 cm³/mol. The molecule has 0 saturated carbocycles. The molecular formula is C17H24N2OS. The second-order valence-corrected chi connectivity index (χ2v) is 6.97. The number of ether oxygens (including phenoxy) is 1. The van der Waals surface area contributed by atoms with E-state index in [1.54, 1.807) is 11.3 Å². The van der Waals surface area contributed by atoms with Gasteiger partial charge in [0.05, 0.1) is 5.69 Å². The van der Waals surface area contributed by atoms with E-state index in [-0.39, 0.29) is 0 Å². The normalized spacial score (nSPS) is 11.1. The molecule has 0 spiro atoms. The average molecular weight is 304 g/mol. The molecule has 114 valence electrons. The van der Waals surface area contributed by atoms with Crippen molar-refractivity contribution >= 4 is 11.3 Å². The number of nitrogens with zero attached hydrogens (tertiary/aromatic N) is 1. The molecular weight excluding hydrogens is 280 g/mol. The van der Waals surface area contributed by atoms with E-state index in [0.717, 1.165) is 23.0 Å². The molecule has 2 rings (SSSR count). The number of hydrogen-bond donors (Lipinski definition) is 1. The van der Waals surface area contributed by atoms with Crippen molar-refractivity contribution in [2.75, 3.05) is 0 Å². The Labute approximate surface area is 131 Å². The number of thiazole rings is 1. The topological polar surface area (TPSA) is 34.1 Å². The van der Waals surface area contributed by atoms with Crippen LogP contribution in [0.2, 0.25) is 0 Å². The van der Waals surface area contributed by atoms with Crippen LogP contribution in [-0.2, 0) is 13.2 Å². The minimum absolute atomic E-state index is 0.461. The van der Waals surface area contributed by atoms with Crippen LogP contribution >= 0.6 is 11.3 Å². The van der Waals surface area contributed by atoms with Gasteiger partial charge in [0.2, 0.25) is 0 Å². The van der Waals surface area contributed by atoms with Crippen molar-refractivity contribution in [1.82, 2.24) is 10.3 Å². The Bertz CT molecular complexity index is 585. The molecule has 0 aliphatic carbocycles. The number of nitrogens with one attached hydrogen (secondary N) is 1. The third-order valence-corrected chi connectivity index (χ3v) is 4.39. The highest BCUT2D eigenvalue weighted by Gasteiger charge is 2.08. The highest BCUT2D eigenvalue weighted by atomic mass is 32.1.